The molecule has 0 saturated heterocycles. The first-order valence-corrected chi connectivity index (χ1v) is 8.63. The zero-order chi connectivity index (χ0) is 13.9. The van der Waals surface area contributed by atoms with Crippen LogP contribution >= 0.6 is 0 Å². The van der Waals surface area contributed by atoms with Crippen molar-refractivity contribution in [3.8, 4) is 0 Å². The van der Waals surface area contributed by atoms with Crippen LogP contribution in [0.3, 0.4) is 0 Å². The summed E-state index contributed by atoms with van der Waals surface area (Å²) in [6.07, 6.45) is 7.28. The van der Waals surface area contributed by atoms with Crippen LogP contribution < -0.4 is 24.8 Å². The summed E-state index contributed by atoms with van der Waals surface area (Å²) in [7, 11) is 0.750. The zero-order valence-corrected chi connectivity index (χ0v) is 20.5. The van der Waals surface area contributed by atoms with Gasteiger partial charge in [0.15, 0.2) is 0 Å². The maximum atomic E-state index is 4.51. The topological polar surface area (TPSA) is 14.1 Å². The van der Waals surface area contributed by atoms with Crippen LogP contribution in [0, 0.1) is 5.92 Å². The number of rotatable bonds is 1. The number of hydrogen-bond donors (Lipinski definition) is 0. The molecule has 1 aliphatic rings. The van der Waals surface area contributed by atoms with E-state index in [9.17, 15) is 0 Å². The third kappa shape index (κ3) is 36.4. The molecule has 20 heavy (non-hydrogen) atoms. The normalized spacial score (nSPS) is 11.3. The molecular weight excluding hydrogens is 472 g/mol. The Bertz CT molecular complexity index is 234. The van der Waals surface area contributed by atoms with E-state index in [4.69, 9.17) is 0 Å². The Morgan fingerprint density at radius 1 is 1.10 bits per heavy atom. The van der Waals surface area contributed by atoms with Gasteiger partial charge in [-0.05, 0) is 6.42 Å². The molecule has 0 fully saturated rings. The molecule has 0 aromatic carbocycles. The van der Waals surface area contributed by atoms with E-state index in [-0.39, 0.29) is 56.2 Å². The predicted molar refractivity (Wildman–Crippen MR) is 84.1 cm³/mol. The van der Waals surface area contributed by atoms with Crippen LogP contribution in [0.4, 0.5) is 0 Å². The number of halogens is 2. The van der Waals surface area contributed by atoms with Crippen molar-refractivity contribution < 1.29 is 50.7 Å². The Kier molecular flexibility index (Phi) is 32.7. The van der Waals surface area contributed by atoms with Gasteiger partial charge in [-0.2, -0.15) is 26.5 Å². The maximum Gasteiger partial charge on any atom is 4.00 e. The van der Waals surface area contributed by atoms with Crippen LogP contribution in [-0.2, 0) is 25.8 Å². The Morgan fingerprint density at radius 3 is 1.65 bits per heavy atom. The van der Waals surface area contributed by atoms with Gasteiger partial charge in [-0.1, -0.05) is 52.1 Å². The molecule has 1 radical (unpaired) electrons. The summed E-state index contributed by atoms with van der Waals surface area (Å²) in [5.41, 5.74) is 1.28. The third-order valence-electron chi connectivity index (χ3n) is 1.23. The molecule has 0 heterocycles. The first-order valence-electron chi connectivity index (χ1n) is 6.32. The van der Waals surface area contributed by atoms with Crippen molar-refractivity contribution in [1.82, 2.24) is 0 Å². The van der Waals surface area contributed by atoms with Crippen molar-refractivity contribution in [2.45, 2.75) is 66.6 Å². The predicted octanol–water partition coefficient (Wildman–Crippen LogP) is -0.852. The molecule has 0 unspecified atom stereocenters. The third-order valence-corrected chi connectivity index (χ3v) is 1.23. The molecule has 0 atom stereocenters. The van der Waals surface area contributed by atoms with Crippen LogP contribution in [0.25, 0.3) is 5.32 Å². The second-order valence-electron chi connectivity index (χ2n) is 5.65. The fourth-order valence-electron chi connectivity index (χ4n) is 0.950. The van der Waals surface area contributed by atoms with Crippen LogP contribution in [-0.4, -0.2) is 15.1 Å². The fourth-order valence-corrected chi connectivity index (χ4v) is 0.950. The second kappa shape index (κ2) is 19.9. The Balaban J connectivity index is -0.0000000653. The van der Waals surface area contributed by atoms with E-state index in [0.717, 1.165) is 15.9 Å². The van der Waals surface area contributed by atoms with Gasteiger partial charge in [-0.15, -0.1) is 5.54 Å². The maximum absolute atomic E-state index is 4.51. The fraction of sp³-hybridized carbons (Fsp3) is 0.667. The van der Waals surface area contributed by atoms with Crippen LogP contribution in [0.15, 0.2) is 23.9 Å². The molecule has 1 nitrogen and oxygen atoms in total. The summed E-state index contributed by atoms with van der Waals surface area (Å²) in [4.78, 5) is 0. The van der Waals surface area contributed by atoms with Crippen molar-refractivity contribution in [2.24, 2.45) is 0 Å². The van der Waals surface area contributed by atoms with Gasteiger partial charge in [-0.3, -0.25) is 0 Å². The van der Waals surface area contributed by atoms with Gasteiger partial charge in [0, 0.05) is 9.52 Å². The molecule has 0 amide bonds. The summed E-state index contributed by atoms with van der Waals surface area (Å²) >= 11 is 0. The van der Waals surface area contributed by atoms with Gasteiger partial charge in [0.05, 0.1) is 0 Å². The average Bonchev–Trinajstić information content (AvgIpc) is 2.53. The monoisotopic (exact) mass is 502 g/mol. The molecule has 0 aromatic heterocycles. The summed E-state index contributed by atoms with van der Waals surface area (Å²) < 4.78 is 0. The summed E-state index contributed by atoms with van der Waals surface area (Å²) in [6, 6.07) is 0. The van der Waals surface area contributed by atoms with Crippen LogP contribution in [0.1, 0.15) is 48.0 Å². The zero-order valence-electron chi connectivity index (χ0n) is 14.2. The van der Waals surface area contributed by atoms with E-state index in [2.05, 4.69) is 78.2 Å². The summed E-state index contributed by atoms with van der Waals surface area (Å²) in [5.74, 6) is 1.42. The second-order valence-corrected chi connectivity index (χ2v) is 6.80. The Hall–Kier alpha value is 0.947. The molecule has 5 heteroatoms. The SMILES string of the molecule is CC(C)(C)[N-]C1=CC=CC1.C[C-](C)C.C[SiH]C.[Cl-].[Cl-].[Hf+4]. The minimum Gasteiger partial charge on any atom is -1.00 e. The minimum absolute atomic E-state index is 0. The molecule has 1 rings (SSSR count). The standard InChI is InChI=1S/C9H14N.C4H9.C2H7Si.2ClH.Hf/c1-9(2,3)10-8-6-4-5-7-8;1-4(2)3;1-3-2;;;/h4-6H,7H2,1-3H3;1-3H3;3H,1-2H3;2*1H;/q2*-1;;;;+4/p-2. The summed E-state index contributed by atoms with van der Waals surface area (Å²) in [6.45, 7) is 17.0. The molecule has 0 N–H and O–H groups in total. The minimum atomic E-state index is 0. The number of allylic oxidation sites excluding steroid dienone is 3. The molecule has 0 bridgehead atoms. The number of nitrogens with zero attached hydrogens (tertiary/aromatic N) is 1. The Morgan fingerprint density at radius 2 is 1.45 bits per heavy atom. The van der Waals surface area contributed by atoms with Crippen molar-refractivity contribution in [3.63, 3.8) is 0 Å². The Labute approximate surface area is 161 Å². The van der Waals surface area contributed by atoms with E-state index >= 15 is 0 Å². The van der Waals surface area contributed by atoms with Gasteiger partial charge in [0.2, 0.25) is 0 Å². The van der Waals surface area contributed by atoms with E-state index in [1.807, 2.05) is 0 Å². The molecule has 0 saturated carbocycles. The molecule has 0 aliphatic heterocycles. The van der Waals surface area contributed by atoms with Crippen molar-refractivity contribution in [3.05, 3.63) is 35.2 Å². The molecule has 0 spiro atoms. The molecule has 0 aromatic rings. The smallest absolute Gasteiger partial charge is 1.00 e. The van der Waals surface area contributed by atoms with Crippen LogP contribution in [0.2, 0.25) is 13.1 Å². The molecule has 1 aliphatic carbocycles. The van der Waals surface area contributed by atoms with E-state index in [1.165, 1.54) is 11.6 Å². The van der Waals surface area contributed by atoms with Gasteiger partial charge in [0.25, 0.3) is 0 Å². The molecule has 117 valence electrons. The van der Waals surface area contributed by atoms with Gasteiger partial charge >= 0.3 is 25.8 Å². The van der Waals surface area contributed by atoms with E-state index in [1.54, 1.807) is 0 Å². The van der Waals surface area contributed by atoms with Crippen LogP contribution in [0.5, 0.6) is 0 Å². The largest absolute Gasteiger partial charge is 4.00 e. The first-order chi connectivity index (χ1) is 7.72. The van der Waals surface area contributed by atoms with Crippen molar-refractivity contribution in [2.75, 3.05) is 0 Å². The van der Waals surface area contributed by atoms with Gasteiger partial charge in [-0.25, -0.2) is 0 Å². The van der Waals surface area contributed by atoms with E-state index < -0.39 is 0 Å². The van der Waals surface area contributed by atoms with Gasteiger partial charge in [0.1, 0.15) is 0 Å². The molecular formula is C15H30Cl2HfNSi. The van der Waals surface area contributed by atoms with Gasteiger partial charge < -0.3 is 36.0 Å². The number of hydrogen-bond acceptors (Lipinski definition) is 0. The quantitative estimate of drug-likeness (QED) is 0.328. The summed E-state index contributed by atoms with van der Waals surface area (Å²) in [5, 5.41) is 4.51. The van der Waals surface area contributed by atoms with Crippen molar-refractivity contribution >= 4 is 9.52 Å². The first kappa shape index (κ1) is 32.8. The van der Waals surface area contributed by atoms with E-state index in [0.29, 0.717) is 0 Å². The average molecular weight is 502 g/mol. The van der Waals surface area contributed by atoms with Crippen molar-refractivity contribution in [1.29, 1.82) is 0 Å².